The topological polar surface area (TPSA) is 103 Å². The van der Waals surface area contributed by atoms with Crippen LogP contribution in [0.2, 0.25) is 0 Å². The third-order valence-electron chi connectivity index (χ3n) is 6.16. The van der Waals surface area contributed by atoms with Crippen molar-refractivity contribution in [3.63, 3.8) is 0 Å². The molecule has 186 valence electrons. The van der Waals surface area contributed by atoms with E-state index >= 15 is 0 Å². The van der Waals surface area contributed by atoms with Gasteiger partial charge < -0.3 is 19.5 Å². The number of anilines is 1. The number of methoxy groups -OCH3 is 2. The van der Waals surface area contributed by atoms with Gasteiger partial charge in [0.2, 0.25) is 0 Å². The van der Waals surface area contributed by atoms with E-state index in [-0.39, 0.29) is 18.2 Å². The van der Waals surface area contributed by atoms with Crippen LogP contribution in [-0.2, 0) is 4.74 Å². The van der Waals surface area contributed by atoms with E-state index in [0.29, 0.717) is 28.1 Å². The zero-order valence-electron chi connectivity index (χ0n) is 20.6. The van der Waals surface area contributed by atoms with E-state index in [1.54, 1.807) is 33.3 Å². The lowest BCUT2D eigenvalue weighted by molar-refractivity contribution is 0.0521. The summed E-state index contributed by atoms with van der Waals surface area (Å²) >= 11 is 0. The number of amides is 1. The second-order valence-electron chi connectivity index (χ2n) is 8.31. The van der Waals surface area contributed by atoms with Crippen molar-refractivity contribution < 1.29 is 23.8 Å². The van der Waals surface area contributed by atoms with Crippen LogP contribution in [0, 0.1) is 0 Å². The number of H-pyrrole nitrogens is 1. The predicted octanol–water partition coefficient (Wildman–Crippen LogP) is 5.83. The molecule has 37 heavy (non-hydrogen) atoms. The summed E-state index contributed by atoms with van der Waals surface area (Å²) in [6, 6.07) is 22.3. The van der Waals surface area contributed by atoms with Gasteiger partial charge in [-0.1, -0.05) is 18.2 Å². The number of aromatic amines is 1. The highest BCUT2D eigenvalue weighted by atomic mass is 16.5. The summed E-state index contributed by atoms with van der Waals surface area (Å²) in [6.07, 6.45) is 0. The molecule has 5 aromatic rings. The first kappa shape index (κ1) is 23.9. The second kappa shape index (κ2) is 10.0. The summed E-state index contributed by atoms with van der Waals surface area (Å²) in [6.45, 7) is 2.05. The van der Waals surface area contributed by atoms with Gasteiger partial charge in [0.25, 0.3) is 5.91 Å². The zero-order chi connectivity index (χ0) is 25.9. The Bertz CT molecular complexity index is 1620. The molecule has 0 spiro atoms. The third-order valence-corrected chi connectivity index (χ3v) is 6.16. The van der Waals surface area contributed by atoms with Gasteiger partial charge in [0.05, 0.1) is 26.3 Å². The highest BCUT2D eigenvalue weighted by Crippen LogP contribution is 2.32. The van der Waals surface area contributed by atoms with Crippen LogP contribution in [0.3, 0.4) is 0 Å². The van der Waals surface area contributed by atoms with Gasteiger partial charge in [0, 0.05) is 27.4 Å². The van der Waals surface area contributed by atoms with Crippen molar-refractivity contribution in [2.75, 3.05) is 26.1 Å². The summed E-state index contributed by atoms with van der Waals surface area (Å²) in [5, 5.41) is 12.2. The molecule has 1 aromatic heterocycles. The smallest absolute Gasteiger partial charge is 0.359 e. The summed E-state index contributed by atoms with van der Waals surface area (Å²) in [5.41, 5.74) is 4.07. The molecule has 0 saturated heterocycles. The minimum atomic E-state index is -0.454. The Balaban J connectivity index is 1.38. The van der Waals surface area contributed by atoms with Crippen molar-refractivity contribution >= 4 is 39.2 Å². The van der Waals surface area contributed by atoms with Crippen molar-refractivity contribution in [1.29, 1.82) is 0 Å². The van der Waals surface area contributed by atoms with Crippen molar-refractivity contribution in [1.82, 2.24) is 10.2 Å². The van der Waals surface area contributed by atoms with Crippen LogP contribution in [-0.4, -0.2) is 42.9 Å². The summed E-state index contributed by atoms with van der Waals surface area (Å²) in [4.78, 5) is 25.3. The van der Waals surface area contributed by atoms with E-state index in [0.717, 1.165) is 27.4 Å². The number of benzene rings is 4. The average molecular weight is 496 g/mol. The van der Waals surface area contributed by atoms with Gasteiger partial charge in [-0.05, 0) is 72.6 Å². The Morgan fingerprint density at radius 2 is 1.59 bits per heavy atom. The maximum atomic E-state index is 13.2. The van der Waals surface area contributed by atoms with E-state index in [1.807, 2.05) is 60.7 Å². The summed E-state index contributed by atoms with van der Waals surface area (Å²) in [5.74, 6) is 0.647. The molecule has 0 atom stereocenters. The van der Waals surface area contributed by atoms with E-state index < -0.39 is 5.97 Å². The lowest BCUT2D eigenvalue weighted by Crippen LogP contribution is -2.12. The van der Waals surface area contributed by atoms with Crippen molar-refractivity contribution in [2.45, 2.75) is 6.92 Å². The normalized spacial score (nSPS) is 10.9. The Kier molecular flexibility index (Phi) is 6.47. The summed E-state index contributed by atoms with van der Waals surface area (Å²) in [7, 11) is 3.19. The quantitative estimate of drug-likeness (QED) is 0.276. The molecule has 8 nitrogen and oxygen atoms in total. The molecule has 1 heterocycles. The first-order valence-electron chi connectivity index (χ1n) is 11.7. The minimum Gasteiger partial charge on any atom is -0.497 e. The molecule has 0 aliphatic carbocycles. The fraction of sp³-hybridized carbons (Fsp3) is 0.138. The van der Waals surface area contributed by atoms with E-state index in [9.17, 15) is 9.59 Å². The van der Waals surface area contributed by atoms with Gasteiger partial charge >= 0.3 is 5.97 Å². The second-order valence-corrected chi connectivity index (χ2v) is 8.31. The van der Waals surface area contributed by atoms with Gasteiger partial charge in [-0.2, -0.15) is 5.10 Å². The zero-order valence-corrected chi connectivity index (χ0v) is 20.6. The van der Waals surface area contributed by atoms with Gasteiger partial charge in [-0.15, -0.1) is 0 Å². The Morgan fingerprint density at radius 3 is 2.32 bits per heavy atom. The maximum Gasteiger partial charge on any atom is 0.359 e. The molecule has 0 bridgehead atoms. The molecule has 1 amide bonds. The standard InChI is InChI=1S/C29H25N3O5/c1-4-37-29(34)27-23-11-7-18(15-25(23)31-32-27)17-5-8-19(9-6-17)30-28(33)22-13-14-26(36-3)21-12-10-20(35-2)16-24(21)22/h5-16H,4H2,1-3H3,(H,30,33)(H,31,32). The lowest BCUT2D eigenvalue weighted by Gasteiger charge is -2.12. The van der Waals surface area contributed by atoms with Gasteiger partial charge in [-0.3, -0.25) is 9.89 Å². The van der Waals surface area contributed by atoms with Gasteiger partial charge in [0.1, 0.15) is 11.5 Å². The number of hydrogen-bond acceptors (Lipinski definition) is 6. The van der Waals surface area contributed by atoms with Crippen molar-refractivity contribution in [3.8, 4) is 22.6 Å². The van der Waals surface area contributed by atoms with E-state index in [2.05, 4.69) is 15.5 Å². The lowest BCUT2D eigenvalue weighted by atomic mass is 10.0. The summed E-state index contributed by atoms with van der Waals surface area (Å²) < 4.78 is 15.9. The number of fused-ring (bicyclic) bond motifs is 2. The first-order chi connectivity index (χ1) is 18.0. The van der Waals surface area contributed by atoms with Crippen LogP contribution in [0.1, 0.15) is 27.8 Å². The number of hydrogen-bond donors (Lipinski definition) is 2. The maximum absolute atomic E-state index is 13.2. The van der Waals surface area contributed by atoms with E-state index in [1.165, 1.54) is 0 Å². The number of ether oxygens (including phenoxy) is 3. The number of carbonyl (C=O) groups is 2. The highest BCUT2D eigenvalue weighted by Gasteiger charge is 2.16. The van der Waals surface area contributed by atoms with Crippen LogP contribution in [0.4, 0.5) is 5.69 Å². The van der Waals surface area contributed by atoms with Gasteiger partial charge in [-0.25, -0.2) is 4.79 Å². The SMILES string of the molecule is CCOC(=O)c1n[nH]c2cc(-c3ccc(NC(=O)c4ccc(OC)c5ccc(OC)cc45)cc3)ccc12. The van der Waals surface area contributed by atoms with Crippen molar-refractivity contribution in [3.05, 3.63) is 84.1 Å². The molecule has 0 aliphatic heterocycles. The van der Waals surface area contributed by atoms with Crippen LogP contribution in [0.15, 0.2) is 72.8 Å². The number of nitrogens with zero attached hydrogens (tertiary/aromatic N) is 1. The molecule has 0 unspecified atom stereocenters. The molecule has 0 saturated carbocycles. The first-order valence-corrected chi connectivity index (χ1v) is 11.7. The minimum absolute atomic E-state index is 0.237. The monoisotopic (exact) mass is 495 g/mol. The third kappa shape index (κ3) is 4.56. The molecule has 2 N–H and O–H groups in total. The van der Waals surface area contributed by atoms with Crippen LogP contribution in [0.25, 0.3) is 32.8 Å². The predicted molar refractivity (Wildman–Crippen MR) is 142 cm³/mol. The number of carbonyl (C=O) groups excluding carboxylic acids is 2. The molecule has 5 rings (SSSR count). The average Bonchev–Trinajstić information content (AvgIpc) is 3.36. The highest BCUT2D eigenvalue weighted by molar-refractivity contribution is 6.14. The van der Waals surface area contributed by atoms with E-state index in [4.69, 9.17) is 14.2 Å². The molecular weight excluding hydrogens is 470 g/mol. The van der Waals surface area contributed by atoms with Gasteiger partial charge in [0.15, 0.2) is 5.69 Å². The fourth-order valence-corrected chi connectivity index (χ4v) is 4.30. The Hall–Kier alpha value is -4.85. The number of aromatic nitrogens is 2. The van der Waals surface area contributed by atoms with Crippen LogP contribution in [0.5, 0.6) is 11.5 Å². The molecular formula is C29H25N3O5. The van der Waals surface area contributed by atoms with Crippen molar-refractivity contribution in [2.24, 2.45) is 0 Å². The number of nitrogens with one attached hydrogen (secondary N) is 2. The molecule has 4 aromatic carbocycles. The largest absolute Gasteiger partial charge is 0.497 e. The fourth-order valence-electron chi connectivity index (χ4n) is 4.30. The molecule has 0 aliphatic rings. The Labute approximate surface area is 213 Å². The molecule has 0 fully saturated rings. The number of esters is 1. The molecule has 8 heteroatoms. The van der Waals surface area contributed by atoms with Crippen LogP contribution >= 0.6 is 0 Å². The Morgan fingerprint density at radius 1 is 0.838 bits per heavy atom. The molecule has 0 radical (unpaired) electrons. The number of rotatable bonds is 7. The van der Waals surface area contributed by atoms with Crippen LogP contribution < -0.4 is 14.8 Å².